The average Bonchev–Trinajstić information content (AvgIpc) is 3.69. The van der Waals surface area contributed by atoms with Gasteiger partial charge in [-0.05, 0) is 67.0 Å². The maximum Gasteiger partial charge on any atom is 0.227 e. The Hall–Kier alpha value is -4.42. The zero-order chi connectivity index (χ0) is 38.8. The summed E-state index contributed by atoms with van der Waals surface area (Å²) in [5.74, 6) is 0. The van der Waals surface area contributed by atoms with Crippen LogP contribution in [0, 0.1) is 32.7 Å². The van der Waals surface area contributed by atoms with Gasteiger partial charge in [0.05, 0.1) is 19.0 Å². The van der Waals surface area contributed by atoms with Crippen molar-refractivity contribution in [1.29, 1.82) is 0 Å². The largest absolute Gasteiger partial charge is 0.500 e. The van der Waals surface area contributed by atoms with E-state index in [1.807, 2.05) is 30.5 Å². The molecule has 5 aromatic heterocycles. The number of aromatic nitrogens is 3. The Morgan fingerprint density at radius 3 is 2.30 bits per heavy atom. The fourth-order valence-electron chi connectivity index (χ4n) is 5.27. The van der Waals surface area contributed by atoms with E-state index in [2.05, 4.69) is 58.9 Å². The summed E-state index contributed by atoms with van der Waals surface area (Å²) in [4.78, 5) is 13.0. The van der Waals surface area contributed by atoms with Crippen molar-refractivity contribution in [2.24, 2.45) is 0 Å². The van der Waals surface area contributed by atoms with Gasteiger partial charge in [-0.1, -0.05) is 54.4 Å². The van der Waals surface area contributed by atoms with Gasteiger partial charge in [0.15, 0.2) is 0 Å². The van der Waals surface area contributed by atoms with Crippen molar-refractivity contribution >= 4 is 57.3 Å². The summed E-state index contributed by atoms with van der Waals surface area (Å²) in [6.07, 6.45) is 3.08. The molecule has 3 aromatic carbocycles. The summed E-state index contributed by atoms with van der Waals surface area (Å²) >= 11 is 0. The zero-order valence-electron chi connectivity index (χ0n) is 34.2. The van der Waals surface area contributed by atoms with Gasteiger partial charge in [-0.3, -0.25) is 0 Å². The number of furan rings is 2. The van der Waals surface area contributed by atoms with Crippen molar-refractivity contribution in [3.8, 4) is 22.5 Å². The van der Waals surface area contributed by atoms with Gasteiger partial charge in [-0.25, -0.2) is 4.98 Å². The van der Waals surface area contributed by atoms with E-state index in [0.717, 1.165) is 22.8 Å². The molecule has 0 bridgehead atoms. The third-order valence-corrected chi connectivity index (χ3v) is 9.70. The molecule has 8 aromatic rings. The zero-order valence-corrected chi connectivity index (χ0v) is 28.5. The van der Waals surface area contributed by atoms with Crippen LogP contribution in [0.25, 0.3) is 66.5 Å². The van der Waals surface area contributed by atoms with Crippen LogP contribution in [0.1, 0.15) is 29.2 Å². The standard InChI is InChI=1S/C25H17N2O2.C14H16NSi.Ir/c1-13-11-20(26-12-14(13)2)18-5-4-6-19-22-21(28-23(18)19)10-9-16-17-8-7-15(3)27-25(17)29-24(16)22;1-16(2,3)13-9-10-14(15-11-13)12-7-5-4-6-8-12;/h4,6-12H,1-3H3;4-7,9-11H,1-3H3;/q2*-1;/i1D3,2D3,3D3;;. The number of nitrogens with zero attached hydrogens (tertiary/aromatic N) is 3. The molecule has 0 fully saturated rings. The monoisotopic (exact) mass is 805 g/mol. The van der Waals surface area contributed by atoms with Gasteiger partial charge in [0.2, 0.25) is 5.71 Å². The summed E-state index contributed by atoms with van der Waals surface area (Å²) in [7, 11) is -1.23. The maximum absolute atomic E-state index is 7.87. The number of hydrogen-bond donors (Lipinski definition) is 0. The molecule has 0 saturated heterocycles. The minimum absolute atomic E-state index is 0. The van der Waals surface area contributed by atoms with Crippen LogP contribution in [0.5, 0.6) is 0 Å². The minimum atomic E-state index is -2.68. The first-order valence-corrected chi connectivity index (χ1v) is 17.9. The molecule has 0 aliphatic carbocycles. The molecule has 0 unspecified atom stereocenters. The molecule has 0 amide bonds. The van der Waals surface area contributed by atoms with Gasteiger partial charge >= 0.3 is 0 Å². The van der Waals surface area contributed by atoms with E-state index < -0.39 is 28.6 Å². The first-order valence-electron chi connectivity index (χ1n) is 18.9. The fourth-order valence-corrected chi connectivity index (χ4v) is 6.31. The molecule has 0 aliphatic heterocycles. The molecular weight excluding hydrogens is 763 g/mol. The van der Waals surface area contributed by atoms with Crippen LogP contribution < -0.4 is 5.19 Å². The molecule has 0 spiro atoms. The Morgan fingerprint density at radius 2 is 1.57 bits per heavy atom. The molecule has 0 N–H and O–H groups in total. The van der Waals surface area contributed by atoms with E-state index in [4.69, 9.17) is 21.2 Å². The summed E-state index contributed by atoms with van der Waals surface area (Å²) < 4.78 is 81.9. The Bertz CT molecular complexity index is 2660. The number of aryl methyl sites for hydroxylation is 3. The van der Waals surface area contributed by atoms with Crippen LogP contribution in [0.4, 0.5) is 0 Å². The first-order chi connectivity index (χ1) is 25.3. The Kier molecular flexibility index (Phi) is 5.98. The molecular formula is C39H33IrN3O2Si-2. The van der Waals surface area contributed by atoms with Crippen LogP contribution in [0.3, 0.4) is 0 Å². The second-order valence-electron chi connectivity index (χ2n) is 11.7. The Balaban J connectivity index is 0.000000254. The van der Waals surface area contributed by atoms with E-state index in [-0.39, 0.29) is 48.3 Å². The topological polar surface area (TPSA) is 65.0 Å². The van der Waals surface area contributed by atoms with Crippen molar-refractivity contribution in [2.45, 2.75) is 40.2 Å². The molecule has 1 radical (unpaired) electrons. The average molecular weight is 805 g/mol. The van der Waals surface area contributed by atoms with E-state index in [1.165, 1.54) is 17.3 Å². The van der Waals surface area contributed by atoms with Crippen LogP contribution in [0.2, 0.25) is 19.6 Å². The summed E-state index contributed by atoms with van der Waals surface area (Å²) in [5.41, 5.74) is 3.34. The minimum Gasteiger partial charge on any atom is -0.500 e. The van der Waals surface area contributed by atoms with E-state index in [0.29, 0.717) is 38.5 Å². The van der Waals surface area contributed by atoms with Crippen LogP contribution in [-0.4, -0.2) is 23.0 Å². The summed E-state index contributed by atoms with van der Waals surface area (Å²) in [6.45, 7) is -0.713. The molecule has 0 atom stereocenters. The van der Waals surface area contributed by atoms with Gasteiger partial charge in [-0.15, -0.1) is 54.1 Å². The van der Waals surface area contributed by atoms with Gasteiger partial charge < -0.3 is 18.8 Å². The summed E-state index contributed by atoms with van der Waals surface area (Å²) in [6, 6.07) is 29.8. The van der Waals surface area contributed by atoms with Crippen molar-refractivity contribution in [1.82, 2.24) is 15.0 Å². The predicted octanol–water partition coefficient (Wildman–Crippen LogP) is 9.76. The number of fused-ring (bicyclic) bond motifs is 7. The summed E-state index contributed by atoms with van der Waals surface area (Å²) in [5, 5.41) is 4.02. The van der Waals surface area contributed by atoms with Gasteiger partial charge in [0.1, 0.15) is 11.2 Å². The second-order valence-corrected chi connectivity index (χ2v) is 16.8. The number of rotatable bonds is 3. The maximum atomic E-state index is 7.87. The quantitative estimate of drug-likeness (QED) is 0.132. The first kappa shape index (κ1) is 22.2. The Labute approximate surface area is 295 Å². The van der Waals surface area contributed by atoms with E-state index in [9.17, 15) is 0 Å². The van der Waals surface area contributed by atoms with E-state index >= 15 is 0 Å². The fraction of sp³-hybridized carbons (Fsp3) is 0.154. The number of pyridine rings is 3. The molecule has 0 saturated carbocycles. The molecule has 0 aliphatic rings. The normalized spacial score (nSPS) is 15.2. The number of hydrogen-bond acceptors (Lipinski definition) is 5. The van der Waals surface area contributed by atoms with Crippen LogP contribution >= 0.6 is 0 Å². The Morgan fingerprint density at radius 1 is 0.717 bits per heavy atom. The third-order valence-electron chi connectivity index (χ3n) is 7.67. The van der Waals surface area contributed by atoms with Crippen molar-refractivity contribution in [3.63, 3.8) is 0 Å². The van der Waals surface area contributed by atoms with Gasteiger partial charge in [-0.2, -0.15) is 0 Å². The van der Waals surface area contributed by atoms with Gasteiger partial charge in [0, 0.05) is 61.3 Å². The second kappa shape index (κ2) is 12.4. The van der Waals surface area contributed by atoms with Crippen molar-refractivity contribution in [2.75, 3.05) is 0 Å². The van der Waals surface area contributed by atoms with Crippen molar-refractivity contribution < 1.29 is 41.3 Å². The SMILES string of the molecule is C[Si](C)(C)c1ccc(-c2[c-]cccc2)nc1.[2H]C([2H])([2H])c1ccc2c(n1)oc1c2ccc2oc3c(-c4cc(C([2H])([2H])[2H])c(C([2H])([2H])[2H])cn4)[c-]ccc3c21.[Ir]. The smallest absolute Gasteiger partial charge is 0.227 e. The van der Waals surface area contributed by atoms with E-state index in [1.54, 1.807) is 30.3 Å². The van der Waals surface area contributed by atoms with Gasteiger partial charge in [0.25, 0.3) is 0 Å². The molecule has 5 nitrogen and oxygen atoms in total. The van der Waals surface area contributed by atoms with Crippen molar-refractivity contribution in [3.05, 3.63) is 120 Å². The predicted molar refractivity (Wildman–Crippen MR) is 187 cm³/mol. The van der Waals surface area contributed by atoms with Crippen LogP contribution in [0.15, 0.2) is 100 Å². The third kappa shape index (κ3) is 5.82. The molecule has 46 heavy (non-hydrogen) atoms. The number of benzene rings is 3. The van der Waals surface area contributed by atoms with Crippen LogP contribution in [-0.2, 0) is 20.1 Å². The molecule has 8 rings (SSSR count). The molecule has 5 heterocycles. The molecule has 231 valence electrons. The molecule has 7 heteroatoms.